The molecule has 0 spiro atoms. The van der Waals surface area contributed by atoms with Crippen LogP contribution in [0.15, 0.2) is 44.3 Å². The van der Waals surface area contributed by atoms with Crippen LogP contribution in [0.25, 0.3) is 0 Å². The van der Waals surface area contributed by atoms with Gasteiger partial charge in [-0.15, -0.1) is 11.3 Å². The Morgan fingerprint density at radius 3 is 2.56 bits per heavy atom. The number of rotatable bonds is 1. The monoisotopic (exact) mass is 273 g/mol. The van der Waals surface area contributed by atoms with Crippen molar-refractivity contribution in [1.82, 2.24) is 0 Å². The second kappa shape index (κ2) is 4.07. The molecule has 0 saturated heterocycles. The summed E-state index contributed by atoms with van der Waals surface area (Å²) >= 11 is -0.291. The van der Waals surface area contributed by atoms with Gasteiger partial charge in [-0.3, -0.25) is 0 Å². The first-order valence-electron chi connectivity index (χ1n) is 4.17. The molecule has 9 heteroatoms. The quantitative estimate of drug-likeness (QED) is 0.754. The van der Waals surface area contributed by atoms with Crippen molar-refractivity contribution in [3.63, 3.8) is 0 Å². The first-order chi connectivity index (χ1) is 7.81. The number of nitrogens with zero attached hydrogens (tertiary/aromatic N) is 5. The van der Waals surface area contributed by atoms with Gasteiger partial charge in [-0.1, -0.05) is 0 Å². The minimum Gasteiger partial charge on any atom is -0.207 e. The fraction of sp³-hybridized carbons (Fsp3) is 0. The van der Waals surface area contributed by atoms with Gasteiger partial charge in [0.2, 0.25) is 0 Å². The van der Waals surface area contributed by atoms with E-state index >= 15 is 0 Å². The van der Waals surface area contributed by atoms with Crippen molar-refractivity contribution in [2.75, 3.05) is 0 Å². The zero-order chi connectivity index (χ0) is 11.0. The highest BCUT2D eigenvalue weighted by atomic mass is 32.3. The smallest absolute Gasteiger partial charge is 0.180 e. The molecule has 1 aromatic rings. The molecule has 0 aromatic heterocycles. The van der Waals surface area contributed by atoms with Crippen LogP contribution in [0.5, 0.6) is 0 Å². The molecule has 1 aromatic carbocycles. The fourth-order valence-corrected chi connectivity index (χ4v) is 4.30. The molecule has 5 nitrogen and oxygen atoms in total. The Kier molecular flexibility index (Phi) is 2.58. The number of halogens is 1. The molecule has 3 rings (SSSR count). The van der Waals surface area contributed by atoms with E-state index < -0.39 is 22.1 Å². The summed E-state index contributed by atoms with van der Waals surface area (Å²) in [7, 11) is 0. The average Bonchev–Trinajstić information content (AvgIpc) is 2.29. The normalized spacial score (nSPS) is 26.2. The van der Waals surface area contributed by atoms with Crippen LogP contribution < -0.4 is 0 Å². The molecule has 16 heavy (non-hydrogen) atoms. The summed E-state index contributed by atoms with van der Waals surface area (Å²) in [5, 5.41) is 0. The second-order valence-electron chi connectivity index (χ2n) is 2.81. The topological polar surface area (TPSA) is 61.8 Å². The maximum atomic E-state index is 12.8. The maximum absolute atomic E-state index is 12.8. The number of benzene rings is 1. The van der Waals surface area contributed by atoms with Crippen molar-refractivity contribution in [2.24, 2.45) is 20.1 Å². The van der Waals surface area contributed by atoms with Gasteiger partial charge in [-0.05, 0) is 24.3 Å². The third-order valence-corrected chi connectivity index (χ3v) is 5.11. The molecule has 0 radical (unpaired) electrons. The van der Waals surface area contributed by atoms with E-state index in [1.54, 1.807) is 12.1 Å². The summed E-state index contributed by atoms with van der Waals surface area (Å²) in [6.45, 7) is 0. The summed E-state index contributed by atoms with van der Waals surface area (Å²) in [6, 6.07) is 6.04. The Morgan fingerprint density at radius 2 is 1.81 bits per heavy atom. The molecule has 2 heterocycles. The van der Waals surface area contributed by atoms with Gasteiger partial charge in [0.05, 0.1) is 11.4 Å². The van der Waals surface area contributed by atoms with Crippen LogP contribution in [0.1, 0.15) is 5.56 Å². The molecule has 0 N–H and O–H groups in total. The highest BCUT2D eigenvalue weighted by Gasteiger charge is 2.13. The molecule has 0 aliphatic carbocycles. The van der Waals surface area contributed by atoms with E-state index in [9.17, 15) is 4.39 Å². The first kappa shape index (κ1) is 10.1. The van der Waals surface area contributed by atoms with E-state index in [1.807, 2.05) is 0 Å². The van der Waals surface area contributed by atoms with Crippen molar-refractivity contribution in [3.05, 3.63) is 35.6 Å². The van der Waals surface area contributed by atoms with Crippen LogP contribution in [0.3, 0.4) is 0 Å². The first-order valence-corrected chi connectivity index (χ1v) is 7.09. The Morgan fingerprint density at radius 1 is 1.06 bits per heavy atom. The van der Waals surface area contributed by atoms with E-state index in [4.69, 9.17) is 0 Å². The van der Waals surface area contributed by atoms with Crippen molar-refractivity contribution in [3.8, 4) is 0 Å². The predicted molar refractivity (Wildman–Crippen MR) is 64.7 cm³/mol. The molecule has 82 valence electrons. The standard InChI is InChI=1S/C7H4FN5S3/c8-6-3-1-5(2-4-6)7-9-15-11-14-12-16(10-7)13-15/h1-4H. The molecular formula is C7H4FN5S3. The van der Waals surface area contributed by atoms with Gasteiger partial charge in [0.25, 0.3) is 0 Å². The van der Waals surface area contributed by atoms with Gasteiger partial charge in [0.15, 0.2) is 28.0 Å². The maximum Gasteiger partial charge on any atom is 0.180 e. The van der Waals surface area contributed by atoms with Crippen LogP contribution in [0.2, 0.25) is 0 Å². The Labute approximate surface area is 99.4 Å². The number of hydrogen-bond donors (Lipinski definition) is 0. The summed E-state index contributed by atoms with van der Waals surface area (Å²) in [5.74, 6) is 0.273. The van der Waals surface area contributed by atoms with Crippen LogP contribution in [-0.4, -0.2) is 5.84 Å². The zero-order valence-corrected chi connectivity index (χ0v) is 10.1. The lowest BCUT2D eigenvalue weighted by Gasteiger charge is -2.07. The molecule has 0 saturated carbocycles. The van der Waals surface area contributed by atoms with Crippen LogP contribution in [-0.2, 0) is 33.5 Å². The summed E-state index contributed by atoms with van der Waals surface area (Å²) in [5.41, 5.74) is 0.767. The van der Waals surface area contributed by atoms with Gasteiger partial charge in [-0.25, -0.2) is 4.39 Å². The van der Waals surface area contributed by atoms with E-state index in [0.717, 1.165) is 16.9 Å². The van der Waals surface area contributed by atoms with Gasteiger partial charge in [0, 0.05) is 5.56 Å². The summed E-state index contributed by atoms with van der Waals surface area (Å²) in [4.78, 5) is 0. The highest BCUT2D eigenvalue weighted by molar-refractivity contribution is 8.02. The molecule has 0 fully saturated rings. The third kappa shape index (κ3) is 1.93. The number of fused-ring (bicyclic) bond motifs is 1. The molecule has 2 atom stereocenters. The average molecular weight is 273 g/mol. The highest BCUT2D eigenvalue weighted by Crippen LogP contribution is 2.16. The third-order valence-electron chi connectivity index (χ3n) is 1.77. The Balaban J connectivity index is 2.06. The second-order valence-corrected chi connectivity index (χ2v) is 6.11. The number of hydrogen-bond acceptors (Lipinski definition) is 5. The van der Waals surface area contributed by atoms with Crippen molar-refractivity contribution >= 4 is 39.3 Å². The van der Waals surface area contributed by atoms with Crippen molar-refractivity contribution in [2.45, 2.75) is 0 Å². The summed E-state index contributed by atoms with van der Waals surface area (Å²) in [6.07, 6.45) is 0. The lowest BCUT2D eigenvalue weighted by Crippen LogP contribution is -2.05. The molecule has 2 bridgehead atoms. The zero-order valence-electron chi connectivity index (χ0n) is 7.65. The van der Waals surface area contributed by atoms with E-state index in [0.29, 0.717) is 5.84 Å². The van der Waals surface area contributed by atoms with Crippen molar-refractivity contribution in [1.29, 1.82) is 0 Å². The summed E-state index contributed by atoms with van der Waals surface area (Å²) < 4.78 is 33.5. The molecule has 2 aliphatic heterocycles. The van der Waals surface area contributed by atoms with Gasteiger partial charge >= 0.3 is 0 Å². The van der Waals surface area contributed by atoms with Crippen molar-refractivity contribution < 1.29 is 4.39 Å². The van der Waals surface area contributed by atoms with E-state index in [1.165, 1.54) is 12.1 Å². The minimum absolute atomic E-state index is 0.278. The number of amidine groups is 1. The van der Waals surface area contributed by atoms with Crippen LogP contribution in [0, 0.1) is 5.82 Å². The Bertz CT molecular complexity index is 611. The van der Waals surface area contributed by atoms with Crippen LogP contribution >= 0.6 is 0 Å². The van der Waals surface area contributed by atoms with Gasteiger partial charge < -0.3 is 0 Å². The Hall–Kier alpha value is -1.06. The molecule has 0 amide bonds. The largest absolute Gasteiger partial charge is 0.207 e. The van der Waals surface area contributed by atoms with Gasteiger partial charge in [0.1, 0.15) is 5.82 Å². The lowest BCUT2D eigenvalue weighted by molar-refractivity contribution is 0.628. The molecule has 2 aliphatic rings. The van der Waals surface area contributed by atoms with Crippen LogP contribution in [0.4, 0.5) is 4.39 Å². The SMILES string of the molecule is Fc1ccc(C2=NS3=NS(=N2)N=S=N3)cc1. The lowest BCUT2D eigenvalue weighted by atomic mass is 10.2. The molecule has 2 unspecified atom stereocenters. The fourth-order valence-electron chi connectivity index (χ4n) is 1.10. The van der Waals surface area contributed by atoms with Gasteiger partial charge in [-0.2, -0.15) is 8.76 Å². The minimum atomic E-state index is -0.699. The van der Waals surface area contributed by atoms with E-state index in [-0.39, 0.29) is 5.82 Å². The van der Waals surface area contributed by atoms with E-state index in [2.05, 4.69) is 20.1 Å². The molecular weight excluding hydrogens is 269 g/mol. The predicted octanol–water partition coefficient (Wildman–Crippen LogP) is 2.31.